The fraction of sp³-hybridized carbons (Fsp3) is 0.500. The van der Waals surface area contributed by atoms with Gasteiger partial charge in [-0.15, -0.1) is 11.3 Å². The van der Waals surface area contributed by atoms with Crippen LogP contribution < -0.4 is 0 Å². The topological polar surface area (TPSA) is 41.9 Å². The molecular formula is C22H28N4S. The quantitative estimate of drug-likeness (QED) is 0.637. The summed E-state index contributed by atoms with van der Waals surface area (Å²) in [6.45, 7) is 10.8. The second kappa shape index (κ2) is 7.64. The second-order valence-electron chi connectivity index (χ2n) is 7.93. The molecule has 0 saturated carbocycles. The minimum atomic E-state index is 0.333. The van der Waals surface area contributed by atoms with Crippen molar-refractivity contribution in [3.63, 3.8) is 0 Å². The van der Waals surface area contributed by atoms with Gasteiger partial charge < -0.3 is 0 Å². The molecule has 3 aromatic rings. The van der Waals surface area contributed by atoms with Gasteiger partial charge in [-0.1, -0.05) is 0 Å². The van der Waals surface area contributed by atoms with Crippen LogP contribution in [0.4, 0.5) is 0 Å². The maximum atomic E-state index is 4.85. The maximum Gasteiger partial charge on any atom is 0.170 e. The first-order valence-electron chi connectivity index (χ1n) is 9.90. The molecule has 0 aromatic carbocycles. The molecule has 1 aliphatic heterocycles. The zero-order chi connectivity index (χ0) is 19.0. The van der Waals surface area contributed by atoms with E-state index in [1.54, 1.807) is 11.3 Å². The van der Waals surface area contributed by atoms with Gasteiger partial charge in [0, 0.05) is 24.0 Å². The van der Waals surface area contributed by atoms with Crippen molar-refractivity contribution in [2.24, 2.45) is 5.92 Å². The number of hydrogen-bond donors (Lipinski definition) is 0. The molecule has 1 saturated heterocycles. The number of aryl methyl sites for hydroxylation is 3. The Balaban J connectivity index is 1.47. The van der Waals surface area contributed by atoms with Crippen LogP contribution in [0.1, 0.15) is 53.5 Å². The van der Waals surface area contributed by atoms with E-state index >= 15 is 0 Å². The predicted octanol–water partition coefficient (Wildman–Crippen LogP) is 5.03. The van der Waals surface area contributed by atoms with Crippen molar-refractivity contribution in [2.75, 3.05) is 13.1 Å². The number of piperidine rings is 1. The highest BCUT2D eigenvalue weighted by Crippen LogP contribution is 2.29. The standard InChI is InChI=1S/C22H28N4S/c1-14-10-19(11-15(2)23-14)12-18-6-5-9-26(13-18)16(3)20-7-8-21-22(25-20)24-17(4)27-21/h7-8,10-11,16,18H,5-6,9,12-13H2,1-4H3/t16-,18?/m0/s1. The van der Waals surface area contributed by atoms with Crippen LogP contribution in [0, 0.1) is 26.7 Å². The van der Waals surface area contributed by atoms with Gasteiger partial charge in [-0.3, -0.25) is 9.88 Å². The lowest BCUT2D eigenvalue weighted by Crippen LogP contribution is -2.38. The first-order chi connectivity index (χ1) is 13.0. The Morgan fingerprint density at radius 1 is 1.11 bits per heavy atom. The zero-order valence-electron chi connectivity index (χ0n) is 16.7. The molecule has 0 radical (unpaired) electrons. The van der Waals surface area contributed by atoms with E-state index in [2.05, 4.69) is 59.9 Å². The first-order valence-corrected chi connectivity index (χ1v) is 10.7. The summed E-state index contributed by atoms with van der Waals surface area (Å²) in [5, 5.41) is 1.09. The lowest BCUT2D eigenvalue weighted by molar-refractivity contribution is 0.129. The van der Waals surface area contributed by atoms with E-state index in [9.17, 15) is 0 Å². The van der Waals surface area contributed by atoms with Gasteiger partial charge in [0.2, 0.25) is 0 Å². The minimum absolute atomic E-state index is 0.333. The highest BCUT2D eigenvalue weighted by molar-refractivity contribution is 7.18. The largest absolute Gasteiger partial charge is 0.295 e. The number of thiazole rings is 1. The summed E-state index contributed by atoms with van der Waals surface area (Å²) >= 11 is 1.72. The summed E-state index contributed by atoms with van der Waals surface area (Å²) in [6.07, 6.45) is 3.71. The lowest BCUT2D eigenvalue weighted by Gasteiger charge is -2.36. The van der Waals surface area contributed by atoms with Crippen LogP contribution in [0.2, 0.25) is 0 Å². The average molecular weight is 381 g/mol. The van der Waals surface area contributed by atoms with Crippen molar-refractivity contribution >= 4 is 21.7 Å². The molecule has 4 nitrogen and oxygen atoms in total. The predicted molar refractivity (Wildman–Crippen MR) is 112 cm³/mol. The molecule has 4 rings (SSSR count). The number of fused-ring (bicyclic) bond motifs is 1. The molecule has 2 atom stereocenters. The molecule has 5 heteroatoms. The second-order valence-corrected chi connectivity index (χ2v) is 9.17. The Morgan fingerprint density at radius 3 is 2.67 bits per heavy atom. The SMILES string of the molecule is Cc1cc(CC2CCCN([C@@H](C)c3ccc4sc(C)nc4n3)C2)cc(C)n1. The molecule has 1 fully saturated rings. The smallest absolute Gasteiger partial charge is 0.170 e. The van der Waals surface area contributed by atoms with Crippen LogP contribution in [0.25, 0.3) is 10.3 Å². The van der Waals surface area contributed by atoms with E-state index in [1.165, 1.54) is 23.1 Å². The molecule has 0 N–H and O–H groups in total. The van der Waals surface area contributed by atoms with E-state index in [0.717, 1.165) is 47.2 Å². The van der Waals surface area contributed by atoms with Crippen molar-refractivity contribution in [1.82, 2.24) is 19.9 Å². The summed E-state index contributed by atoms with van der Waals surface area (Å²) in [6, 6.07) is 9.19. The third-order valence-electron chi connectivity index (χ3n) is 5.57. The van der Waals surface area contributed by atoms with E-state index in [4.69, 9.17) is 4.98 Å². The fourth-order valence-electron chi connectivity index (χ4n) is 4.35. The van der Waals surface area contributed by atoms with Crippen molar-refractivity contribution in [1.29, 1.82) is 0 Å². The molecule has 0 aliphatic carbocycles. The molecule has 0 bridgehead atoms. The van der Waals surface area contributed by atoms with Crippen molar-refractivity contribution in [3.8, 4) is 0 Å². The third kappa shape index (κ3) is 4.19. The lowest BCUT2D eigenvalue weighted by atomic mass is 9.90. The Morgan fingerprint density at radius 2 is 1.89 bits per heavy atom. The highest BCUT2D eigenvalue weighted by atomic mass is 32.1. The van der Waals surface area contributed by atoms with E-state index in [-0.39, 0.29) is 0 Å². The molecule has 4 heterocycles. The van der Waals surface area contributed by atoms with Crippen molar-refractivity contribution < 1.29 is 0 Å². The first kappa shape index (κ1) is 18.5. The number of likely N-dealkylation sites (tertiary alicyclic amines) is 1. The summed E-state index contributed by atoms with van der Waals surface area (Å²) in [4.78, 5) is 16.5. The summed E-state index contributed by atoms with van der Waals surface area (Å²) in [5.41, 5.74) is 5.73. The van der Waals surface area contributed by atoms with Gasteiger partial charge in [-0.25, -0.2) is 9.97 Å². The fourth-order valence-corrected chi connectivity index (χ4v) is 5.12. The minimum Gasteiger partial charge on any atom is -0.295 e. The summed E-state index contributed by atoms with van der Waals surface area (Å²) in [5.74, 6) is 0.702. The van der Waals surface area contributed by atoms with Crippen LogP contribution in [-0.2, 0) is 6.42 Å². The summed E-state index contributed by atoms with van der Waals surface area (Å²) in [7, 11) is 0. The van der Waals surface area contributed by atoms with E-state index < -0.39 is 0 Å². The Labute approximate surface area is 165 Å². The third-order valence-corrected chi connectivity index (χ3v) is 6.50. The van der Waals surface area contributed by atoms with Crippen molar-refractivity contribution in [3.05, 3.63) is 51.9 Å². The average Bonchev–Trinajstić information content (AvgIpc) is 2.99. The van der Waals surface area contributed by atoms with Gasteiger partial charge in [-0.2, -0.15) is 0 Å². The highest BCUT2D eigenvalue weighted by Gasteiger charge is 2.25. The van der Waals surface area contributed by atoms with Crippen LogP contribution in [0.3, 0.4) is 0 Å². The zero-order valence-corrected chi connectivity index (χ0v) is 17.5. The van der Waals surface area contributed by atoms with Gasteiger partial charge in [0.1, 0.15) is 0 Å². The molecule has 142 valence electrons. The van der Waals surface area contributed by atoms with Crippen LogP contribution >= 0.6 is 11.3 Å². The Kier molecular flexibility index (Phi) is 5.24. The van der Waals surface area contributed by atoms with Crippen LogP contribution in [-0.4, -0.2) is 32.9 Å². The van der Waals surface area contributed by atoms with Gasteiger partial charge >= 0.3 is 0 Å². The molecule has 3 aromatic heterocycles. The van der Waals surface area contributed by atoms with E-state index in [0.29, 0.717) is 12.0 Å². The molecule has 0 spiro atoms. The van der Waals surface area contributed by atoms with Crippen LogP contribution in [0.5, 0.6) is 0 Å². The Hall–Kier alpha value is -1.85. The molecule has 1 unspecified atom stereocenters. The Bertz CT molecular complexity index is 928. The van der Waals surface area contributed by atoms with Gasteiger partial charge in [0.25, 0.3) is 0 Å². The summed E-state index contributed by atoms with van der Waals surface area (Å²) < 4.78 is 1.18. The maximum absolute atomic E-state index is 4.85. The molecule has 1 aliphatic rings. The van der Waals surface area contributed by atoms with Gasteiger partial charge in [-0.05, 0) is 89.2 Å². The van der Waals surface area contributed by atoms with Crippen LogP contribution in [0.15, 0.2) is 24.3 Å². The normalized spacial score (nSPS) is 19.5. The van der Waals surface area contributed by atoms with E-state index in [1.807, 2.05) is 6.92 Å². The van der Waals surface area contributed by atoms with Gasteiger partial charge in [0.15, 0.2) is 5.65 Å². The number of hydrogen-bond acceptors (Lipinski definition) is 5. The number of rotatable bonds is 4. The van der Waals surface area contributed by atoms with Crippen molar-refractivity contribution in [2.45, 2.75) is 53.0 Å². The number of pyridine rings is 2. The van der Waals surface area contributed by atoms with Gasteiger partial charge in [0.05, 0.1) is 15.4 Å². The molecule has 0 amide bonds. The monoisotopic (exact) mass is 380 g/mol. The number of nitrogens with zero attached hydrogens (tertiary/aromatic N) is 4. The number of aromatic nitrogens is 3. The molecule has 27 heavy (non-hydrogen) atoms. The molecular weight excluding hydrogens is 352 g/mol.